The Labute approximate surface area is 170 Å². The minimum Gasteiger partial charge on any atom is -0.333 e. The van der Waals surface area contributed by atoms with Gasteiger partial charge in [-0.05, 0) is 37.8 Å². The molecule has 29 heavy (non-hydrogen) atoms. The molecule has 2 aromatic rings. The smallest absolute Gasteiger partial charge is 0.242 e. The fourth-order valence-corrected chi connectivity index (χ4v) is 4.03. The molecule has 4 rings (SSSR count). The number of carbonyl (C=O) groups is 2. The van der Waals surface area contributed by atoms with E-state index in [9.17, 15) is 9.59 Å². The Hall–Kier alpha value is -3.03. The van der Waals surface area contributed by atoms with E-state index in [0.717, 1.165) is 37.8 Å². The van der Waals surface area contributed by atoms with Crippen LogP contribution in [-0.4, -0.2) is 56.2 Å². The summed E-state index contributed by atoms with van der Waals surface area (Å²) in [6.45, 7) is 1.56. The summed E-state index contributed by atoms with van der Waals surface area (Å²) in [5.74, 6) is 1.40. The lowest BCUT2D eigenvalue weighted by Crippen LogP contribution is -2.42. The van der Waals surface area contributed by atoms with Crippen LogP contribution in [0.15, 0.2) is 36.8 Å². The lowest BCUT2D eigenvalue weighted by atomic mass is 10.1. The third-order valence-corrected chi connectivity index (χ3v) is 5.50. The number of hydrogen-bond acceptors (Lipinski definition) is 6. The quantitative estimate of drug-likeness (QED) is 0.838. The second-order valence-corrected chi connectivity index (χ2v) is 7.53. The number of nitrogens with one attached hydrogen (secondary N) is 1. The van der Waals surface area contributed by atoms with Gasteiger partial charge in [-0.25, -0.2) is 9.97 Å². The summed E-state index contributed by atoms with van der Waals surface area (Å²) in [6, 6.07) is 5.69. The SMILES string of the molecule is O=C1CCCCCN1CC(=O)N1CCC[C@@H]1c1cccc(Nc2cnccn2)n1. The standard InChI is InChI=1S/C21H26N6O2/c28-20-9-2-1-3-12-26(20)15-21(29)27-13-5-7-17(27)16-6-4-8-18(24-16)25-19-14-22-10-11-23-19/h4,6,8,10-11,14,17H,1-3,5,7,9,12-13,15H2,(H,23,24,25)/t17-/m1/s1. The van der Waals surface area contributed by atoms with Crippen LogP contribution in [0, 0.1) is 0 Å². The summed E-state index contributed by atoms with van der Waals surface area (Å²) in [4.78, 5) is 41.8. The number of amides is 2. The van der Waals surface area contributed by atoms with E-state index in [1.165, 1.54) is 0 Å². The molecule has 0 unspecified atom stereocenters. The van der Waals surface area contributed by atoms with Gasteiger partial charge in [0.1, 0.15) is 11.6 Å². The third-order valence-electron chi connectivity index (χ3n) is 5.50. The van der Waals surface area contributed by atoms with Crippen molar-refractivity contribution in [3.63, 3.8) is 0 Å². The first-order valence-corrected chi connectivity index (χ1v) is 10.3. The second kappa shape index (κ2) is 8.98. The monoisotopic (exact) mass is 394 g/mol. The molecule has 8 heteroatoms. The van der Waals surface area contributed by atoms with Crippen LogP contribution in [0.1, 0.15) is 50.3 Å². The Bertz CT molecular complexity index is 859. The molecular weight excluding hydrogens is 368 g/mol. The average molecular weight is 394 g/mol. The van der Waals surface area contributed by atoms with Crippen molar-refractivity contribution in [2.24, 2.45) is 0 Å². The zero-order valence-corrected chi connectivity index (χ0v) is 16.5. The highest BCUT2D eigenvalue weighted by molar-refractivity contribution is 5.85. The lowest BCUT2D eigenvalue weighted by molar-refractivity contribution is -0.140. The van der Waals surface area contributed by atoms with Gasteiger partial charge in [-0.2, -0.15) is 0 Å². The third kappa shape index (κ3) is 4.70. The minimum absolute atomic E-state index is 0.0110. The maximum absolute atomic E-state index is 13.0. The molecule has 2 aliphatic rings. The van der Waals surface area contributed by atoms with Crippen LogP contribution < -0.4 is 5.32 Å². The summed E-state index contributed by atoms with van der Waals surface area (Å²) < 4.78 is 0. The molecule has 0 saturated carbocycles. The summed E-state index contributed by atoms with van der Waals surface area (Å²) in [5.41, 5.74) is 0.854. The number of nitrogens with zero attached hydrogens (tertiary/aromatic N) is 5. The summed E-state index contributed by atoms with van der Waals surface area (Å²) in [5, 5.41) is 3.15. The van der Waals surface area contributed by atoms with Crippen molar-refractivity contribution >= 4 is 23.5 Å². The molecule has 0 aromatic carbocycles. The van der Waals surface area contributed by atoms with E-state index in [1.54, 1.807) is 23.5 Å². The molecule has 0 aliphatic carbocycles. The van der Waals surface area contributed by atoms with Crippen LogP contribution in [0.25, 0.3) is 0 Å². The normalized spacial score (nSPS) is 19.9. The van der Waals surface area contributed by atoms with Gasteiger partial charge in [-0.3, -0.25) is 14.6 Å². The highest BCUT2D eigenvalue weighted by Gasteiger charge is 2.32. The largest absolute Gasteiger partial charge is 0.333 e. The van der Waals surface area contributed by atoms with E-state index in [1.807, 2.05) is 23.1 Å². The first-order valence-electron chi connectivity index (χ1n) is 10.3. The summed E-state index contributed by atoms with van der Waals surface area (Å²) >= 11 is 0. The molecule has 1 N–H and O–H groups in total. The van der Waals surface area contributed by atoms with Crippen LogP contribution in [0.2, 0.25) is 0 Å². The molecule has 2 aliphatic heterocycles. The van der Waals surface area contributed by atoms with E-state index in [4.69, 9.17) is 4.98 Å². The van der Waals surface area contributed by atoms with Gasteiger partial charge < -0.3 is 15.1 Å². The molecular formula is C21H26N6O2. The number of carbonyl (C=O) groups excluding carboxylic acids is 2. The van der Waals surface area contributed by atoms with Crippen molar-refractivity contribution in [1.29, 1.82) is 0 Å². The summed E-state index contributed by atoms with van der Waals surface area (Å²) in [7, 11) is 0. The molecule has 1 atom stereocenters. The van der Waals surface area contributed by atoms with E-state index in [0.29, 0.717) is 31.1 Å². The molecule has 0 spiro atoms. The van der Waals surface area contributed by atoms with Gasteiger partial charge >= 0.3 is 0 Å². The maximum Gasteiger partial charge on any atom is 0.242 e. The molecule has 8 nitrogen and oxygen atoms in total. The first-order chi connectivity index (χ1) is 14.2. The summed E-state index contributed by atoms with van der Waals surface area (Å²) in [6.07, 6.45) is 10.2. The Morgan fingerprint density at radius 1 is 1.10 bits per heavy atom. The van der Waals surface area contributed by atoms with Crippen LogP contribution in [0.5, 0.6) is 0 Å². The second-order valence-electron chi connectivity index (χ2n) is 7.53. The lowest BCUT2D eigenvalue weighted by Gasteiger charge is -2.28. The molecule has 4 heterocycles. The zero-order chi connectivity index (χ0) is 20.1. The predicted octanol–water partition coefficient (Wildman–Crippen LogP) is 2.68. The fraction of sp³-hybridized carbons (Fsp3) is 0.476. The van der Waals surface area contributed by atoms with Gasteiger partial charge in [0.05, 0.1) is 24.5 Å². The van der Waals surface area contributed by atoms with Gasteiger partial charge in [0.15, 0.2) is 0 Å². The number of aromatic nitrogens is 3. The van der Waals surface area contributed by atoms with Crippen molar-refractivity contribution in [3.8, 4) is 0 Å². The minimum atomic E-state index is -0.0619. The molecule has 2 aromatic heterocycles. The van der Waals surface area contributed by atoms with Crippen molar-refractivity contribution in [1.82, 2.24) is 24.8 Å². The number of likely N-dealkylation sites (tertiary alicyclic amines) is 2. The first kappa shape index (κ1) is 19.3. The molecule has 152 valence electrons. The van der Waals surface area contributed by atoms with Crippen LogP contribution >= 0.6 is 0 Å². The highest BCUT2D eigenvalue weighted by atomic mass is 16.2. The van der Waals surface area contributed by atoms with Gasteiger partial charge in [0.25, 0.3) is 0 Å². The van der Waals surface area contributed by atoms with E-state index in [2.05, 4.69) is 15.3 Å². The predicted molar refractivity (Wildman–Crippen MR) is 108 cm³/mol. The van der Waals surface area contributed by atoms with Crippen molar-refractivity contribution in [2.45, 2.75) is 44.6 Å². The van der Waals surface area contributed by atoms with Crippen molar-refractivity contribution in [2.75, 3.05) is 25.0 Å². The van der Waals surface area contributed by atoms with Crippen molar-refractivity contribution < 1.29 is 9.59 Å². The van der Waals surface area contributed by atoms with E-state index < -0.39 is 0 Å². The fourth-order valence-electron chi connectivity index (χ4n) is 4.03. The number of anilines is 2. The van der Waals surface area contributed by atoms with Crippen LogP contribution in [0.4, 0.5) is 11.6 Å². The topological polar surface area (TPSA) is 91.3 Å². The van der Waals surface area contributed by atoms with E-state index >= 15 is 0 Å². The van der Waals surface area contributed by atoms with Gasteiger partial charge in [0.2, 0.25) is 11.8 Å². The van der Waals surface area contributed by atoms with Gasteiger partial charge in [-0.15, -0.1) is 0 Å². The Balaban J connectivity index is 1.45. The number of rotatable bonds is 5. The van der Waals surface area contributed by atoms with E-state index in [-0.39, 0.29) is 24.4 Å². The molecule has 2 fully saturated rings. The molecule has 2 amide bonds. The number of hydrogen-bond donors (Lipinski definition) is 1. The van der Waals surface area contributed by atoms with Gasteiger partial charge in [-0.1, -0.05) is 12.5 Å². The van der Waals surface area contributed by atoms with Crippen molar-refractivity contribution in [3.05, 3.63) is 42.5 Å². The maximum atomic E-state index is 13.0. The Morgan fingerprint density at radius 2 is 2.03 bits per heavy atom. The average Bonchev–Trinajstić information content (AvgIpc) is 3.15. The Kier molecular flexibility index (Phi) is 5.97. The van der Waals surface area contributed by atoms with Crippen LogP contribution in [0.3, 0.4) is 0 Å². The van der Waals surface area contributed by atoms with Gasteiger partial charge in [0, 0.05) is 31.9 Å². The zero-order valence-electron chi connectivity index (χ0n) is 16.5. The number of pyridine rings is 1. The molecule has 0 bridgehead atoms. The molecule has 0 radical (unpaired) electrons. The molecule has 2 saturated heterocycles. The Morgan fingerprint density at radius 3 is 2.90 bits per heavy atom. The van der Waals surface area contributed by atoms with Crippen LogP contribution in [-0.2, 0) is 9.59 Å². The highest BCUT2D eigenvalue weighted by Crippen LogP contribution is 2.32.